The van der Waals surface area contributed by atoms with Crippen LogP contribution in [-0.4, -0.2) is 51.4 Å². The van der Waals surface area contributed by atoms with Gasteiger partial charge in [-0.15, -0.1) is 0 Å². The third kappa shape index (κ3) is 4.95. The van der Waals surface area contributed by atoms with Crippen LogP contribution in [-0.2, 0) is 10.0 Å². The number of piperidine rings is 2. The Balaban J connectivity index is 1.75. The molecule has 2 heterocycles. The number of rotatable bonds is 6. The van der Waals surface area contributed by atoms with Gasteiger partial charge in [0.25, 0.3) is 5.91 Å². The Morgan fingerprint density at radius 3 is 2.15 bits per heavy atom. The van der Waals surface area contributed by atoms with Crippen LogP contribution in [0.15, 0.2) is 41.3 Å². The van der Waals surface area contributed by atoms with Crippen LogP contribution in [0.5, 0.6) is 0 Å². The quantitative estimate of drug-likeness (QED) is 0.583. The molecule has 2 aromatic carbocycles. The minimum Gasteiger partial charge on any atom is -0.370 e. The summed E-state index contributed by atoms with van der Waals surface area (Å²) < 4.78 is 56.2. The lowest BCUT2D eigenvalue weighted by atomic mass is 10.1. The number of carbonyl (C=O) groups is 1. The van der Waals surface area contributed by atoms with E-state index in [1.54, 1.807) is 19.1 Å². The van der Waals surface area contributed by atoms with Gasteiger partial charge >= 0.3 is 0 Å². The Morgan fingerprint density at radius 2 is 1.53 bits per heavy atom. The van der Waals surface area contributed by atoms with Crippen molar-refractivity contribution in [3.63, 3.8) is 0 Å². The Hall–Kier alpha value is -2.52. The van der Waals surface area contributed by atoms with E-state index in [1.165, 1.54) is 21.3 Å². The van der Waals surface area contributed by atoms with Crippen LogP contribution in [0.4, 0.5) is 20.2 Å². The highest BCUT2D eigenvalue weighted by atomic mass is 32.2. The molecule has 0 atom stereocenters. The number of sulfonamides is 1. The fourth-order valence-electron chi connectivity index (χ4n) is 4.75. The molecular formula is C25H31F2N3O3S. The molecule has 34 heavy (non-hydrogen) atoms. The standard InChI is InChI=1S/C25H31F2N3O3S/c1-2-30(20-10-11-21(26)22(27)18-20)25(31)19-9-12-23(28-13-5-3-6-14-28)24(17-19)34(32,33)29-15-7-4-8-16-29/h9-12,17-18H,2-8,13-16H2,1H3. The highest BCUT2D eigenvalue weighted by Gasteiger charge is 2.31. The zero-order valence-corrected chi connectivity index (χ0v) is 20.3. The predicted molar refractivity (Wildman–Crippen MR) is 129 cm³/mol. The molecule has 0 aliphatic carbocycles. The maximum atomic E-state index is 13.8. The zero-order valence-electron chi connectivity index (χ0n) is 19.5. The molecule has 2 fully saturated rings. The number of carbonyl (C=O) groups excluding carboxylic acids is 1. The molecule has 4 rings (SSSR count). The molecule has 6 nitrogen and oxygen atoms in total. The second kappa shape index (κ2) is 10.4. The summed E-state index contributed by atoms with van der Waals surface area (Å²) in [5.74, 6) is -2.50. The molecule has 2 aromatic rings. The van der Waals surface area contributed by atoms with E-state index >= 15 is 0 Å². The number of nitrogens with zero attached hydrogens (tertiary/aromatic N) is 3. The van der Waals surface area contributed by atoms with E-state index in [0.29, 0.717) is 18.8 Å². The average Bonchev–Trinajstić information content (AvgIpc) is 2.87. The molecule has 2 aliphatic heterocycles. The lowest BCUT2D eigenvalue weighted by molar-refractivity contribution is 0.0988. The molecule has 0 spiro atoms. The van der Waals surface area contributed by atoms with Crippen molar-refractivity contribution in [2.24, 2.45) is 0 Å². The van der Waals surface area contributed by atoms with Gasteiger partial charge in [0, 0.05) is 50.0 Å². The molecule has 0 saturated carbocycles. The third-order valence-electron chi connectivity index (χ3n) is 6.61. The van der Waals surface area contributed by atoms with E-state index in [1.807, 2.05) is 0 Å². The summed E-state index contributed by atoms with van der Waals surface area (Å²) in [7, 11) is -3.80. The smallest absolute Gasteiger partial charge is 0.258 e. The lowest BCUT2D eigenvalue weighted by Crippen LogP contribution is -2.38. The predicted octanol–water partition coefficient (Wildman–Crippen LogP) is 4.80. The third-order valence-corrected chi connectivity index (χ3v) is 8.54. The first-order valence-corrected chi connectivity index (χ1v) is 13.4. The van der Waals surface area contributed by atoms with Gasteiger partial charge < -0.3 is 9.80 Å². The number of halogens is 2. The highest BCUT2D eigenvalue weighted by molar-refractivity contribution is 7.89. The Kier molecular flexibility index (Phi) is 7.52. The van der Waals surface area contributed by atoms with E-state index in [4.69, 9.17) is 0 Å². The summed E-state index contributed by atoms with van der Waals surface area (Å²) in [5, 5.41) is 0. The lowest BCUT2D eigenvalue weighted by Gasteiger charge is -2.33. The van der Waals surface area contributed by atoms with Crippen molar-refractivity contribution in [3.8, 4) is 0 Å². The van der Waals surface area contributed by atoms with E-state index in [9.17, 15) is 22.0 Å². The SMILES string of the molecule is CCN(C(=O)c1ccc(N2CCCCC2)c(S(=O)(=O)N2CCCCC2)c1)c1ccc(F)c(F)c1. The van der Waals surface area contributed by atoms with Crippen LogP contribution in [0.25, 0.3) is 0 Å². The summed E-state index contributed by atoms with van der Waals surface area (Å²) in [4.78, 5) is 16.9. The highest BCUT2D eigenvalue weighted by Crippen LogP contribution is 2.33. The van der Waals surface area contributed by atoms with Gasteiger partial charge in [-0.2, -0.15) is 4.31 Å². The van der Waals surface area contributed by atoms with Gasteiger partial charge in [0.1, 0.15) is 4.90 Å². The fourth-order valence-corrected chi connectivity index (χ4v) is 6.50. The van der Waals surface area contributed by atoms with E-state index in [-0.39, 0.29) is 22.7 Å². The van der Waals surface area contributed by atoms with Gasteiger partial charge in [0.15, 0.2) is 11.6 Å². The Bertz CT molecular complexity index is 1140. The van der Waals surface area contributed by atoms with Gasteiger partial charge in [0.2, 0.25) is 10.0 Å². The van der Waals surface area contributed by atoms with Gasteiger partial charge in [-0.25, -0.2) is 17.2 Å². The topological polar surface area (TPSA) is 60.9 Å². The molecule has 0 N–H and O–H groups in total. The van der Waals surface area contributed by atoms with Gasteiger partial charge in [0.05, 0.1) is 5.69 Å². The first-order chi connectivity index (χ1) is 16.3. The number of amides is 1. The summed E-state index contributed by atoms with van der Waals surface area (Å²) >= 11 is 0. The van der Waals surface area contributed by atoms with Crippen molar-refractivity contribution in [1.82, 2.24) is 4.31 Å². The van der Waals surface area contributed by atoms with Crippen LogP contribution >= 0.6 is 0 Å². The summed E-state index contributed by atoms with van der Waals surface area (Å²) in [6.07, 6.45) is 5.73. The van der Waals surface area contributed by atoms with Crippen LogP contribution < -0.4 is 9.80 Å². The van der Waals surface area contributed by atoms with E-state index in [0.717, 1.165) is 63.7 Å². The molecule has 2 aliphatic rings. The number of hydrogen-bond donors (Lipinski definition) is 0. The van der Waals surface area contributed by atoms with Gasteiger partial charge in [-0.1, -0.05) is 6.42 Å². The van der Waals surface area contributed by atoms with Crippen LogP contribution in [0, 0.1) is 11.6 Å². The first kappa shape index (κ1) is 24.6. The fraction of sp³-hybridized carbons (Fsp3) is 0.480. The molecule has 184 valence electrons. The van der Waals surface area contributed by atoms with Crippen molar-refractivity contribution in [2.75, 3.05) is 42.5 Å². The van der Waals surface area contributed by atoms with E-state index in [2.05, 4.69) is 4.90 Å². The Morgan fingerprint density at radius 1 is 0.882 bits per heavy atom. The zero-order chi connectivity index (χ0) is 24.3. The molecule has 1 amide bonds. The minimum atomic E-state index is -3.80. The summed E-state index contributed by atoms with van der Waals surface area (Å²) in [6, 6.07) is 8.10. The van der Waals surface area contributed by atoms with Gasteiger partial charge in [-0.3, -0.25) is 4.79 Å². The van der Waals surface area contributed by atoms with Crippen molar-refractivity contribution in [3.05, 3.63) is 53.6 Å². The maximum absolute atomic E-state index is 13.8. The minimum absolute atomic E-state index is 0.142. The second-order valence-electron chi connectivity index (χ2n) is 8.84. The normalized spacial score (nSPS) is 17.6. The Labute approximate surface area is 200 Å². The van der Waals surface area contributed by atoms with Crippen molar-refractivity contribution >= 4 is 27.3 Å². The first-order valence-electron chi connectivity index (χ1n) is 12.0. The maximum Gasteiger partial charge on any atom is 0.258 e. The van der Waals surface area contributed by atoms with E-state index < -0.39 is 27.6 Å². The summed E-state index contributed by atoms with van der Waals surface area (Å²) in [5.41, 5.74) is 1.03. The molecule has 0 radical (unpaired) electrons. The molecule has 0 bridgehead atoms. The monoisotopic (exact) mass is 491 g/mol. The van der Waals surface area contributed by atoms with Crippen LogP contribution in [0.3, 0.4) is 0 Å². The van der Waals surface area contributed by atoms with Crippen molar-refractivity contribution < 1.29 is 22.0 Å². The molecule has 2 saturated heterocycles. The van der Waals surface area contributed by atoms with Crippen molar-refractivity contribution in [2.45, 2.75) is 50.3 Å². The van der Waals surface area contributed by atoms with Crippen LogP contribution in [0.1, 0.15) is 55.8 Å². The molecule has 0 aromatic heterocycles. The van der Waals surface area contributed by atoms with Crippen LogP contribution in [0.2, 0.25) is 0 Å². The van der Waals surface area contributed by atoms with Crippen molar-refractivity contribution in [1.29, 1.82) is 0 Å². The number of anilines is 2. The largest absolute Gasteiger partial charge is 0.370 e. The number of benzene rings is 2. The average molecular weight is 492 g/mol. The molecule has 9 heteroatoms. The van der Waals surface area contributed by atoms with Gasteiger partial charge in [-0.05, 0) is 69.4 Å². The molecular weight excluding hydrogens is 460 g/mol. The number of hydrogen-bond acceptors (Lipinski definition) is 4. The second-order valence-corrected chi connectivity index (χ2v) is 10.7. The summed E-state index contributed by atoms with van der Waals surface area (Å²) in [6.45, 7) is 4.42. The molecule has 0 unspecified atom stereocenters.